The van der Waals surface area contributed by atoms with Crippen LogP contribution in [-0.4, -0.2) is 25.7 Å². The summed E-state index contributed by atoms with van der Waals surface area (Å²) in [5.41, 5.74) is -2.62. The first kappa shape index (κ1) is 17.9. The monoisotopic (exact) mass is 325 g/mol. The highest BCUT2D eigenvalue weighted by Crippen LogP contribution is 2.34. The molecule has 0 aliphatic carbocycles. The van der Waals surface area contributed by atoms with Crippen LogP contribution in [0.25, 0.3) is 0 Å². The van der Waals surface area contributed by atoms with Gasteiger partial charge in [-0.3, -0.25) is 0 Å². The second-order valence-corrected chi connectivity index (χ2v) is 6.84. The lowest BCUT2D eigenvalue weighted by atomic mass is 10.1. The minimum Gasteiger partial charge on any atom is -0.389 e. The van der Waals surface area contributed by atoms with Crippen molar-refractivity contribution in [3.05, 3.63) is 29.3 Å². The van der Waals surface area contributed by atoms with Crippen LogP contribution >= 0.6 is 0 Å². The summed E-state index contributed by atoms with van der Waals surface area (Å²) >= 11 is 0. The molecule has 1 atom stereocenters. The second kappa shape index (κ2) is 5.94. The van der Waals surface area contributed by atoms with Gasteiger partial charge in [-0.15, -0.1) is 0 Å². The minimum atomic E-state index is -4.62. The zero-order valence-electron chi connectivity index (χ0n) is 12.0. The van der Waals surface area contributed by atoms with E-state index in [-0.39, 0.29) is 12.1 Å². The lowest BCUT2D eigenvalue weighted by Gasteiger charge is -2.22. The summed E-state index contributed by atoms with van der Waals surface area (Å²) in [7, 11) is -4.13. The number of hydrogen-bond acceptors (Lipinski definition) is 3. The molecule has 0 aromatic heterocycles. The summed E-state index contributed by atoms with van der Waals surface area (Å²) in [6.45, 7) is 3.94. The van der Waals surface area contributed by atoms with E-state index in [0.717, 1.165) is 25.1 Å². The van der Waals surface area contributed by atoms with Gasteiger partial charge in [-0.05, 0) is 38.0 Å². The third-order valence-corrected chi connectivity index (χ3v) is 4.83. The van der Waals surface area contributed by atoms with E-state index in [1.807, 2.05) is 0 Å². The Bertz CT molecular complexity index is 610. The molecule has 0 saturated carbocycles. The SMILES string of the molecule is CCC(C)(O)CNS(=O)(=O)c1cccc(C(F)(F)F)c1C. The summed E-state index contributed by atoms with van der Waals surface area (Å²) in [5, 5.41) is 9.78. The van der Waals surface area contributed by atoms with Crippen molar-refractivity contribution in [3.8, 4) is 0 Å². The van der Waals surface area contributed by atoms with E-state index < -0.39 is 32.3 Å². The van der Waals surface area contributed by atoms with E-state index in [2.05, 4.69) is 4.72 Å². The highest BCUT2D eigenvalue weighted by atomic mass is 32.2. The number of aliphatic hydroxyl groups is 1. The molecule has 0 radical (unpaired) electrons. The maximum Gasteiger partial charge on any atom is 0.416 e. The molecule has 1 unspecified atom stereocenters. The third kappa shape index (κ3) is 4.42. The zero-order valence-corrected chi connectivity index (χ0v) is 12.8. The lowest BCUT2D eigenvalue weighted by Crippen LogP contribution is -2.40. The Hall–Kier alpha value is -1.12. The second-order valence-electron chi connectivity index (χ2n) is 5.10. The van der Waals surface area contributed by atoms with E-state index in [9.17, 15) is 26.7 Å². The molecule has 120 valence electrons. The molecule has 0 heterocycles. The highest BCUT2D eigenvalue weighted by Gasteiger charge is 2.34. The molecule has 1 rings (SSSR count). The van der Waals surface area contributed by atoms with E-state index in [1.54, 1.807) is 6.92 Å². The van der Waals surface area contributed by atoms with Crippen molar-refractivity contribution in [3.63, 3.8) is 0 Å². The van der Waals surface area contributed by atoms with Crippen molar-refractivity contribution in [2.24, 2.45) is 0 Å². The number of rotatable bonds is 5. The van der Waals surface area contributed by atoms with Crippen molar-refractivity contribution < 1.29 is 26.7 Å². The molecule has 0 aliphatic rings. The standard InChI is InChI=1S/C13H18F3NO3S/c1-4-12(3,18)8-17-21(19,20)11-7-5-6-10(9(11)2)13(14,15)16/h5-7,17-18H,4,8H2,1-3H3. The molecule has 0 spiro atoms. The van der Waals surface area contributed by atoms with Gasteiger partial charge in [0.2, 0.25) is 10.0 Å². The van der Waals surface area contributed by atoms with Crippen LogP contribution in [0.15, 0.2) is 23.1 Å². The van der Waals surface area contributed by atoms with Gasteiger partial charge in [-0.1, -0.05) is 13.0 Å². The Kier molecular flexibility index (Phi) is 5.07. The van der Waals surface area contributed by atoms with Gasteiger partial charge in [0.15, 0.2) is 0 Å². The van der Waals surface area contributed by atoms with Crippen molar-refractivity contribution >= 4 is 10.0 Å². The van der Waals surface area contributed by atoms with Crippen molar-refractivity contribution in [1.29, 1.82) is 0 Å². The predicted molar refractivity (Wildman–Crippen MR) is 72.3 cm³/mol. The normalized spacial score (nSPS) is 15.8. The molecule has 0 fully saturated rings. The summed E-state index contributed by atoms with van der Waals surface area (Å²) < 4.78 is 64.7. The summed E-state index contributed by atoms with van der Waals surface area (Å²) in [5.74, 6) is 0. The van der Waals surface area contributed by atoms with Crippen LogP contribution in [0.4, 0.5) is 13.2 Å². The fraction of sp³-hybridized carbons (Fsp3) is 0.538. The first-order valence-corrected chi connectivity index (χ1v) is 7.78. The van der Waals surface area contributed by atoms with Crippen LogP contribution in [0.1, 0.15) is 31.4 Å². The number of halogens is 3. The zero-order chi connectivity index (χ0) is 16.5. The summed E-state index contributed by atoms with van der Waals surface area (Å²) in [6.07, 6.45) is -4.32. The van der Waals surface area contributed by atoms with Crippen LogP contribution < -0.4 is 4.72 Å². The minimum absolute atomic E-state index is 0.276. The predicted octanol–water partition coefficient (Wildman–Crippen LogP) is 2.45. The number of sulfonamides is 1. The van der Waals surface area contributed by atoms with E-state index in [1.165, 1.54) is 6.92 Å². The molecule has 0 aliphatic heterocycles. The fourth-order valence-electron chi connectivity index (χ4n) is 1.67. The largest absolute Gasteiger partial charge is 0.416 e. The molecular formula is C13H18F3NO3S. The van der Waals surface area contributed by atoms with Crippen molar-refractivity contribution in [2.75, 3.05) is 6.54 Å². The van der Waals surface area contributed by atoms with Gasteiger partial charge in [-0.25, -0.2) is 13.1 Å². The van der Waals surface area contributed by atoms with Crippen LogP contribution in [0.5, 0.6) is 0 Å². The Labute approximate surface area is 122 Å². The topological polar surface area (TPSA) is 66.4 Å². The maximum atomic E-state index is 12.8. The molecule has 0 saturated heterocycles. The number of hydrogen-bond donors (Lipinski definition) is 2. The average Bonchev–Trinajstić information content (AvgIpc) is 2.35. The van der Waals surface area contributed by atoms with E-state index in [4.69, 9.17) is 0 Å². The summed E-state index contributed by atoms with van der Waals surface area (Å²) in [4.78, 5) is -0.441. The number of alkyl halides is 3. The molecule has 1 aromatic rings. The molecule has 0 amide bonds. The molecule has 2 N–H and O–H groups in total. The lowest BCUT2D eigenvalue weighted by molar-refractivity contribution is -0.138. The van der Waals surface area contributed by atoms with Crippen molar-refractivity contribution in [1.82, 2.24) is 4.72 Å². The highest BCUT2D eigenvalue weighted by molar-refractivity contribution is 7.89. The Morgan fingerprint density at radius 1 is 1.29 bits per heavy atom. The van der Waals surface area contributed by atoms with Gasteiger partial charge in [0.05, 0.1) is 16.1 Å². The molecular weight excluding hydrogens is 307 g/mol. The Balaban J connectivity index is 3.16. The van der Waals surface area contributed by atoms with Gasteiger partial charge < -0.3 is 5.11 Å². The van der Waals surface area contributed by atoms with Gasteiger partial charge in [0, 0.05) is 6.54 Å². The van der Waals surface area contributed by atoms with E-state index >= 15 is 0 Å². The first-order chi connectivity index (χ1) is 9.41. The van der Waals surface area contributed by atoms with Crippen LogP contribution in [-0.2, 0) is 16.2 Å². The third-order valence-electron chi connectivity index (χ3n) is 3.28. The molecule has 1 aromatic carbocycles. The van der Waals surface area contributed by atoms with Gasteiger partial charge >= 0.3 is 6.18 Å². The van der Waals surface area contributed by atoms with Crippen LogP contribution in [0, 0.1) is 6.92 Å². The molecule has 4 nitrogen and oxygen atoms in total. The number of nitrogens with one attached hydrogen (secondary N) is 1. The van der Waals surface area contributed by atoms with Gasteiger partial charge in [-0.2, -0.15) is 13.2 Å². The van der Waals surface area contributed by atoms with E-state index in [0.29, 0.717) is 6.42 Å². The first-order valence-electron chi connectivity index (χ1n) is 6.29. The summed E-state index contributed by atoms with van der Waals surface area (Å²) in [6, 6.07) is 2.98. The maximum absolute atomic E-state index is 12.8. The molecule has 8 heteroatoms. The van der Waals surface area contributed by atoms with Crippen LogP contribution in [0.2, 0.25) is 0 Å². The van der Waals surface area contributed by atoms with Gasteiger partial charge in [0.25, 0.3) is 0 Å². The fourth-order valence-corrected chi connectivity index (χ4v) is 3.09. The van der Waals surface area contributed by atoms with Crippen LogP contribution in [0.3, 0.4) is 0 Å². The van der Waals surface area contributed by atoms with Gasteiger partial charge in [0.1, 0.15) is 0 Å². The Morgan fingerprint density at radius 3 is 2.33 bits per heavy atom. The molecule has 0 bridgehead atoms. The smallest absolute Gasteiger partial charge is 0.389 e. The quantitative estimate of drug-likeness (QED) is 0.874. The average molecular weight is 325 g/mol. The number of benzene rings is 1. The van der Waals surface area contributed by atoms with Crippen molar-refractivity contribution in [2.45, 2.75) is 43.9 Å². The Morgan fingerprint density at radius 2 is 1.86 bits per heavy atom. The molecule has 21 heavy (non-hydrogen) atoms.